The average molecular weight is 222 g/mol. The standard InChI is InChI=1S/C12H18N2O2/c1-4-16-11-7-5-10(6-8-11)12(14-15)13-9(2)3/h5-9,15H,4H2,1-3H3,(H,13,14). The predicted octanol–water partition coefficient (Wildman–Crippen LogP) is 2.22. The van der Waals surface area contributed by atoms with Crippen molar-refractivity contribution in [1.82, 2.24) is 5.48 Å². The highest BCUT2D eigenvalue weighted by Gasteiger charge is 2.03. The SMILES string of the molecule is CCOc1ccc(C(=NC(C)C)NO)cc1. The van der Waals surface area contributed by atoms with Gasteiger partial charge in [-0.05, 0) is 45.0 Å². The maximum Gasteiger partial charge on any atom is 0.152 e. The highest BCUT2D eigenvalue weighted by molar-refractivity contribution is 5.98. The summed E-state index contributed by atoms with van der Waals surface area (Å²) in [5, 5.41) is 8.99. The van der Waals surface area contributed by atoms with Gasteiger partial charge in [0.2, 0.25) is 0 Å². The molecule has 0 radical (unpaired) electrons. The summed E-state index contributed by atoms with van der Waals surface area (Å²) in [7, 11) is 0. The van der Waals surface area contributed by atoms with Gasteiger partial charge in [0.25, 0.3) is 0 Å². The molecule has 0 amide bonds. The van der Waals surface area contributed by atoms with E-state index >= 15 is 0 Å². The van der Waals surface area contributed by atoms with E-state index < -0.39 is 0 Å². The highest BCUT2D eigenvalue weighted by atomic mass is 16.5. The molecule has 0 atom stereocenters. The molecule has 0 unspecified atom stereocenters. The molecule has 88 valence electrons. The second-order valence-electron chi connectivity index (χ2n) is 3.64. The Labute approximate surface area is 95.9 Å². The fourth-order valence-electron chi connectivity index (χ4n) is 1.30. The summed E-state index contributed by atoms with van der Waals surface area (Å²) in [5.41, 5.74) is 2.94. The lowest BCUT2D eigenvalue weighted by atomic mass is 10.2. The predicted molar refractivity (Wildman–Crippen MR) is 64.2 cm³/mol. The van der Waals surface area contributed by atoms with Crippen LogP contribution in [0.5, 0.6) is 5.75 Å². The van der Waals surface area contributed by atoms with Crippen LogP contribution in [0.15, 0.2) is 29.3 Å². The van der Waals surface area contributed by atoms with E-state index in [4.69, 9.17) is 9.94 Å². The first-order valence-electron chi connectivity index (χ1n) is 5.38. The summed E-state index contributed by atoms with van der Waals surface area (Å²) < 4.78 is 5.33. The molecule has 16 heavy (non-hydrogen) atoms. The lowest BCUT2D eigenvalue weighted by Crippen LogP contribution is -2.21. The van der Waals surface area contributed by atoms with Crippen LogP contribution >= 0.6 is 0 Å². The molecule has 4 nitrogen and oxygen atoms in total. The van der Waals surface area contributed by atoms with Crippen LogP contribution in [-0.2, 0) is 0 Å². The number of amidine groups is 1. The summed E-state index contributed by atoms with van der Waals surface area (Å²) in [6.07, 6.45) is 0. The number of nitrogens with one attached hydrogen (secondary N) is 1. The Morgan fingerprint density at radius 1 is 1.38 bits per heavy atom. The van der Waals surface area contributed by atoms with Crippen LogP contribution in [0.1, 0.15) is 26.3 Å². The van der Waals surface area contributed by atoms with Crippen LogP contribution in [0.25, 0.3) is 0 Å². The van der Waals surface area contributed by atoms with Gasteiger partial charge in [-0.25, -0.2) is 0 Å². The Morgan fingerprint density at radius 2 is 2.00 bits per heavy atom. The first-order valence-corrected chi connectivity index (χ1v) is 5.38. The molecule has 0 aromatic heterocycles. The van der Waals surface area contributed by atoms with Gasteiger partial charge in [-0.1, -0.05) is 0 Å². The van der Waals surface area contributed by atoms with Crippen LogP contribution in [0, 0.1) is 0 Å². The smallest absolute Gasteiger partial charge is 0.152 e. The molecule has 0 bridgehead atoms. The van der Waals surface area contributed by atoms with E-state index in [1.807, 2.05) is 45.0 Å². The molecular formula is C12H18N2O2. The fraction of sp³-hybridized carbons (Fsp3) is 0.417. The van der Waals surface area contributed by atoms with Gasteiger partial charge in [-0.15, -0.1) is 0 Å². The second kappa shape index (κ2) is 6.12. The van der Waals surface area contributed by atoms with Crippen molar-refractivity contribution in [2.24, 2.45) is 4.99 Å². The number of hydrogen-bond acceptors (Lipinski definition) is 3. The first kappa shape index (κ1) is 12.5. The largest absolute Gasteiger partial charge is 0.494 e. The third kappa shape index (κ3) is 3.55. The molecule has 0 aliphatic rings. The van der Waals surface area contributed by atoms with Crippen molar-refractivity contribution < 1.29 is 9.94 Å². The number of hydrogen-bond donors (Lipinski definition) is 2. The topological polar surface area (TPSA) is 53.8 Å². The van der Waals surface area contributed by atoms with Crippen LogP contribution in [-0.4, -0.2) is 23.7 Å². The van der Waals surface area contributed by atoms with Crippen molar-refractivity contribution >= 4 is 5.84 Å². The Balaban J connectivity index is 2.86. The minimum atomic E-state index is 0.126. The molecule has 1 rings (SSSR count). The normalized spacial score (nSPS) is 11.7. The number of aliphatic imine (C=N–C) groups is 1. The molecule has 4 heteroatoms. The van der Waals surface area contributed by atoms with E-state index in [0.717, 1.165) is 11.3 Å². The summed E-state index contributed by atoms with van der Waals surface area (Å²) in [6, 6.07) is 7.55. The van der Waals surface area contributed by atoms with Crippen molar-refractivity contribution in [3.8, 4) is 5.75 Å². The zero-order valence-corrected chi connectivity index (χ0v) is 9.90. The first-order chi connectivity index (χ1) is 7.67. The molecule has 0 aliphatic heterocycles. The molecule has 0 spiro atoms. The molecule has 0 saturated carbocycles. The Morgan fingerprint density at radius 3 is 2.44 bits per heavy atom. The molecule has 2 N–H and O–H groups in total. The number of ether oxygens (including phenoxy) is 1. The van der Waals surface area contributed by atoms with E-state index in [9.17, 15) is 0 Å². The summed E-state index contributed by atoms with van der Waals surface area (Å²) in [5.74, 6) is 1.28. The third-order valence-corrected chi connectivity index (χ3v) is 1.93. The van der Waals surface area contributed by atoms with E-state index in [2.05, 4.69) is 10.5 Å². The molecule has 0 saturated heterocycles. The van der Waals surface area contributed by atoms with Gasteiger partial charge in [0, 0.05) is 11.6 Å². The summed E-state index contributed by atoms with van der Waals surface area (Å²) >= 11 is 0. The van der Waals surface area contributed by atoms with Crippen molar-refractivity contribution in [3.05, 3.63) is 29.8 Å². The van der Waals surface area contributed by atoms with Crippen LogP contribution in [0.4, 0.5) is 0 Å². The minimum absolute atomic E-state index is 0.126. The zero-order chi connectivity index (χ0) is 12.0. The van der Waals surface area contributed by atoms with Crippen LogP contribution in [0.2, 0.25) is 0 Å². The Kier molecular flexibility index (Phi) is 4.79. The molecule has 0 fully saturated rings. The van der Waals surface area contributed by atoms with E-state index in [0.29, 0.717) is 12.4 Å². The highest BCUT2D eigenvalue weighted by Crippen LogP contribution is 2.12. The van der Waals surface area contributed by atoms with Gasteiger partial charge < -0.3 is 4.74 Å². The van der Waals surface area contributed by atoms with Crippen molar-refractivity contribution in [1.29, 1.82) is 0 Å². The van der Waals surface area contributed by atoms with E-state index in [1.165, 1.54) is 0 Å². The van der Waals surface area contributed by atoms with E-state index in [-0.39, 0.29) is 6.04 Å². The number of rotatable bonds is 4. The lowest BCUT2D eigenvalue weighted by Gasteiger charge is -2.08. The van der Waals surface area contributed by atoms with E-state index in [1.54, 1.807) is 0 Å². The maximum atomic E-state index is 8.99. The number of hydroxylamine groups is 1. The second-order valence-corrected chi connectivity index (χ2v) is 3.64. The molecule has 1 aromatic rings. The van der Waals surface area contributed by atoms with Crippen LogP contribution < -0.4 is 10.2 Å². The van der Waals surface area contributed by atoms with Crippen molar-refractivity contribution in [2.75, 3.05) is 6.61 Å². The van der Waals surface area contributed by atoms with Gasteiger partial charge in [0.05, 0.1) is 6.61 Å². The maximum absolute atomic E-state index is 8.99. The van der Waals surface area contributed by atoms with Gasteiger partial charge >= 0.3 is 0 Å². The Bertz CT molecular complexity index is 345. The molecule has 0 aliphatic carbocycles. The number of nitrogens with zero attached hydrogens (tertiary/aromatic N) is 1. The fourth-order valence-corrected chi connectivity index (χ4v) is 1.30. The summed E-state index contributed by atoms with van der Waals surface area (Å²) in [6.45, 7) is 6.48. The number of benzene rings is 1. The third-order valence-electron chi connectivity index (χ3n) is 1.93. The van der Waals surface area contributed by atoms with Gasteiger partial charge in [0.15, 0.2) is 5.84 Å². The Hall–Kier alpha value is -1.55. The lowest BCUT2D eigenvalue weighted by molar-refractivity contribution is 0.234. The minimum Gasteiger partial charge on any atom is -0.494 e. The van der Waals surface area contributed by atoms with Crippen molar-refractivity contribution in [3.63, 3.8) is 0 Å². The molecule has 1 aromatic carbocycles. The average Bonchev–Trinajstić information content (AvgIpc) is 2.27. The summed E-state index contributed by atoms with van der Waals surface area (Å²) in [4.78, 5) is 4.26. The van der Waals surface area contributed by atoms with Crippen molar-refractivity contribution in [2.45, 2.75) is 26.8 Å². The van der Waals surface area contributed by atoms with Crippen LogP contribution in [0.3, 0.4) is 0 Å². The molecular weight excluding hydrogens is 204 g/mol. The van der Waals surface area contributed by atoms with Gasteiger partial charge in [0.1, 0.15) is 5.75 Å². The van der Waals surface area contributed by atoms with Gasteiger partial charge in [-0.2, -0.15) is 0 Å². The zero-order valence-electron chi connectivity index (χ0n) is 9.90. The quantitative estimate of drug-likeness (QED) is 0.466. The molecule has 0 heterocycles. The van der Waals surface area contributed by atoms with Gasteiger partial charge in [-0.3, -0.25) is 15.7 Å². The monoisotopic (exact) mass is 222 g/mol.